The molecule has 0 aromatic heterocycles. The van der Waals surface area contributed by atoms with E-state index in [9.17, 15) is 0 Å². The Morgan fingerprint density at radius 1 is 0.714 bits per heavy atom. The smallest absolute Gasteiger partial charge is 0.405 e. The molecule has 1 saturated carbocycles. The van der Waals surface area contributed by atoms with E-state index in [4.69, 9.17) is 18.6 Å². The average Bonchev–Trinajstić information content (AvgIpc) is 2.91. The summed E-state index contributed by atoms with van der Waals surface area (Å²) in [6, 6.07) is 0. The summed E-state index contributed by atoms with van der Waals surface area (Å²) in [6.45, 7) is 16.9. The summed E-state index contributed by atoms with van der Waals surface area (Å²) in [5, 5.41) is 0. The van der Waals surface area contributed by atoms with Gasteiger partial charge < -0.3 is 18.6 Å². The molecule has 1 aliphatic carbocycles. The molecule has 3 rings (SSSR count). The van der Waals surface area contributed by atoms with Crippen LogP contribution in [0.5, 0.6) is 0 Å². The van der Waals surface area contributed by atoms with E-state index in [1.807, 2.05) is 0 Å². The fourth-order valence-corrected chi connectivity index (χ4v) is 3.55. The van der Waals surface area contributed by atoms with Crippen LogP contribution in [-0.2, 0) is 18.6 Å². The Balaban J connectivity index is 1.78. The van der Waals surface area contributed by atoms with Crippen LogP contribution >= 0.6 is 0 Å². The van der Waals surface area contributed by atoms with Crippen molar-refractivity contribution in [1.29, 1.82) is 0 Å². The Labute approximate surface area is 129 Å². The summed E-state index contributed by atoms with van der Waals surface area (Å²) in [4.78, 5) is 0. The van der Waals surface area contributed by atoms with Gasteiger partial charge in [0, 0.05) is 0 Å². The maximum atomic E-state index is 6.36. The lowest BCUT2D eigenvalue weighted by Crippen LogP contribution is -2.47. The molecular weight excluding hydrogens is 266 g/mol. The molecule has 0 aromatic rings. The number of rotatable bonds is 2. The highest BCUT2D eigenvalue weighted by molar-refractivity contribution is 7.11. The molecule has 3 unspecified atom stereocenters. The summed E-state index contributed by atoms with van der Waals surface area (Å²) < 4.78 is 24.7. The van der Waals surface area contributed by atoms with E-state index in [2.05, 4.69) is 55.4 Å². The number of hydrogen-bond donors (Lipinski definition) is 0. The molecule has 2 aliphatic heterocycles. The Bertz CT molecular complexity index is 435. The molecule has 4 nitrogen and oxygen atoms in total. The first-order chi connectivity index (χ1) is 9.40. The Morgan fingerprint density at radius 3 is 1.52 bits per heavy atom. The van der Waals surface area contributed by atoms with Crippen LogP contribution in [0.2, 0.25) is 0 Å². The van der Waals surface area contributed by atoms with E-state index in [1.165, 1.54) is 6.42 Å². The SMILES string of the molecule is CC1CC1C1(C)OB(B2OC(C)(C)C(C)(C)O2)OC1(C)C. The fraction of sp³-hybridized carbons (Fsp3) is 1.00. The first kappa shape index (κ1) is 15.8. The molecule has 6 heteroatoms. The van der Waals surface area contributed by atoms with Crippen LogP contribution in [0.4, 0.5) is 0 Å². The van der Waals surface area contributed by atoms with Crippen molar-refractivity contribution < 1.29 is 18.6 Å². The van der Waals surface area contributed by atoms with Gasteiger partial charge in [-0.1, -0.05) is 6.92 Å². The van der Waals surface area contributed by atoms with Crippen LogP contribution < -0.4 is 0 Å². The van der Waals surface area contributed by atoms with E-state index in [-0.39, 0.29) is 22.4 Å². The second-order valence-electron chi connectivity index (χ2n) is 8.67. The quantitative estimate of drug-likeness (QED) is 0.734. The molecule has 0 aromatic carbocycles. The monoisotopic (exact) mass is 294 g/mol. The van der Waals surface area contributed by atoms with E-state index >= 15 is 0 Å². The van der Waals surface area contributed by atoms with Crippen molar-refractivity contribution in [1.82, 2.24) is 0 Å². The van der Waals surface area contributed by atoms with Crippen LogP contribution in [0.1, 0.15) is 61.8 Å². The van der Waals surface area contributed by atoms with Gasteiger partial charge in [-0.2, -0.15) is 0 Å². The summed E-state index contributed by atoms with van der Waals surface area (Å²) in [7, 11) is -0.927. The average molecular weight is 294 g/mol. The molecule has 21 heavy (non-hydrogen) atoms. The van der Waals surface area contributed by atoms with E-state index in [0.717, 1.165) is 0 Å². The van der Waals surface area contributed by atoms with E-state index in [0.29, 0.717) is 11.8 Å². The number of hydrogen-bond acceptors (Lipinski definition) is 4. The van der Waals surface area contributed by atoms with Gasteiger partial charge in [-0.25, -0.2) is 0 Å². The van der Waals surface area contributed by atoms with Crippen LogP contribution in [-0.4, -0.2) is 36.4 Å². The molecular formula is C15H28B2O4. The summed E-state index contributed by atoms with van der Waals surface area (Å²) >= 11 is 0. The third-order valence-electron chi connectivity index (χ3n) is 6.28. The molecule has 0 radical (unpaired) electrons. The maximum absolute atomic E-state index is 6.36. The Morgan fingerprint density at radius 2 is 1.10 bits per heavy atom. The van der Waals surface area contributed by atoms with Crippen LogP contribution in [0.15, 0.2) is 0 Å². The zero-order chi connectivity index (χ0) is 15.8. The van der Waals surface area contributed by atoms with Crippen molar-refractivity contribution in [2.24, 2.45) is 11.8 Å². The van der Waals surface area contributed by atoms with Crippen molar-refractivity contribution in [2.75, 3.05) is 0 Å². The van der Waals surface area contributed by atoms with Gasteiger partial charge in [0.1, 0.15) is 0 Å². The van der Waals surface area contributed by atoms with Crippen molar-refractivity contribution in [2.45, 2.75) is 84.2 Å². The van der Waals surface area contributed by atoms with Crippen molar-refractivity contribution in [3.8, 4) is 0 Å². The predicted octanol–water partition coefficient (Wildman–Crippen LogP) is 2.89. The topological polar surface area (TPSA) is 36.9 Å². The van der Waals surface area contributed by atoms with Crippen LogP contribution in [0.3, 0.4) is 0 Å². The van der Waals surface area contributed by atoms with Crippen molar-refractivity contribution >= 4 is 14.0 Å². The highest BCUT2D eigenvalue weighted by Gasteiger charge is 2.68. The third kappa shape index (κ3) is 2.21. The Hall–Kier alpha value is -0.0301. The lowest BCUT2D eigenvalue weighted by atomic mass is 9.49. The highest BCUT2D eigenvalue weighted by Crippen LogP contribution is 2.56. The largest absolute Gasteiger partial charge is 0.489 e. The summed E-state index contributed by atoms with van der Waals surface area (Å²) in [6.07, 6.45) is 1.21. The molecule has 0 N–H and O–H groups in total. The molecule has 0 bridgehead atoms. The zero-order valence-corrected chi connectivity index (χ0v) is 14.6. The van der Waals surface area contributed by atoms with Gasteiger partial charge in [0.2, 0.25) is 0 Å². The van der Waals surface area contributed by atoms with Gasteiger partial charge in [0.05, 0.1) is 22.4 Å². The van der Waals surface area contributed by atoms with E-state index in [1.54, 1.807) is 0 Å². The van der Waals surface area contributed by atoms with Crippen molar-refractivity contribution in [3.63, 3.8) is 0 Å². The second kappa shape index (κ2) is 4.28. The highest BCUT2D eigenvalue weighted by atomic mass is 16.7. The van der Waals surface area contributed by atoms with Gasteiger partial charge >= 0.3 is 14.0 Å². The zero-order valence-electron chi connectivity index (χ0n) is 14.6. The molecule has 0 amide bonds. The van der Waals surface area contributed by atoms with Gasteiger partial charge in [-0.15, -0.1) is 0 Å². The molecule has 118 valence electrons. The Kier molecular flexibility index (Phi) is 3.23. The van der Waals surface area contributed by atoms with Gasteiger partial charge in [0.25, 0.3) is 0 Å². The van der Waals surface area contributed by atoms with Crippen LogP contribution in [0.25, 0.3) is 0 Å². The molecule has 3 fully saturated rings. The normalized spacial score (nSPS) is 43.4. The first-order valence-electron chi connectivity index (χ1n) is 8.11. The summed E-state index contributed by atoms with van der Waals surface area (Å²) in [5.74, 6) is 1.26. The maximum Gasteiger partial charge on any atom is 0.489 e. The van der Waals surface area contributed by atoms with Crippen LogP contribution in [0, 0.1) is 11.8 Å². The predicted molar refractivity (Wildman–Crippen MR) is 83.8 cm³/mol. The third-order valence-corrected chi connectivity index (χ3v) is 6.28. The molecule has 2 heterocycles. The molecule has 3 atom stereocenters. The minimum absolute atomic E-state index is 0.277. The first-order valence-corrected chi connectivity index (χ1v) is 8.11. The molecule has 0 spiro atoms. The van der Waals surface area contributed by atoms with Crippen molar-refractivity contribution in [3.05, 3.63) is 0 Å². The lowest BCUT2D eigenvalue weighted by molar-refractivity contribution is -0.0297. The fourth-order valence-electron chi connectivity index (χ4n) is 3.55. The van der Waals surface area contributed by atoms with Gasteiger partial charge in [0.15, 0.2) is 0 Å². The minimum Gasteiger partial charge on any atom is -0.405 e. The minimum atomic E-state index is -0.467. The molecule has 2 saturated heterocycles. The van der Waals surface area contributed by atoms with E-state index < -0.39 is 14.0 Å². The summed E-state index contributed by atoms with van der Waals surface area (Å²) in [5.41, 5.74) is -1.34. The van der Waals surface area contributed by atoms with Gasteiger partial charge in [-0.05, 0) is 66.7 Å². The lowest BCUT2D eigenvalue weighted by Gasteiger charge is -2.37. The molecule has 3 aliphatic rings. The standard InChI is InChI=1S/C15H28B2O4/c1-10-9-11(10)15(8)14(6,7)20-17(21-15)16-18-12(2,3)13(4,5)19-16/h10-11H,9H2,1-8H3. The van der Waals surface area contributed by atoms with Gasteiger partial charge in [-0.3, -0.25) is 0 Å². The second-order valence-corrected chi connectivity index (χ2v) is 8.67.